The Morgan fingerprint density at radius 2 is 1.94 bits per heavy atom. The van der Waals surface area contributed by atoms with Crippen molar-refractivity contribution in [2.45, 2.75) is 18.4 Å². The van der Waals surface area contributed by atoms with E-state index in [9.17, 15) is 20.1 Å². The van der Waals surface area contributed by atoms with Crippen molar-refractivity contribution in [2.24, 2.45) is 0 Å². The highest BCUT2D eigenvalue weighted by molar-refractivity contribution is 5.93. The van der Waals surface area contributed by atoms with Crippen LogP contribution >= 0.6 is 0 Å². The molecule has 0 amide bonds. The van der Waals surface area contributed by atoms with Crippen LogP contribution in [0.4, 0.5) is 0 Å². The highest BCUT2D eigenvalue weighted by atomic mass is 16.5. The van der Waals surface area contributed by atoms with Gasteiger partial charge in [0.25, 0.3) is 0 Å². The zero-order valence-corrected chi connectivity index (χ0v) is 8.73. The second-order valence-corrected chi connectivity index (χ2v) is 3.91. The number of phenols is 2. The number of rotatable bonds is 2. The monoisotopic (exact) mass is 224 g/mol. The number of aliphatic hydroxyl groups is 1. The van der Waals surface area contributed by atoms with E-state index in [4.69, 9.17) is 0 Å². The molecule has 0 aliphatic heterocycles. The minimum absolute atomic E-state index is 0.0596. The second kappa shape index (κ2) is 3.38. The molecular weight excluding hydrogens is 212 g/mol. The highest BCUT2D eigenvalue weighted by Crippen LogP contribution is 2.49. The summed E-state index contributed by atoms with van der Waals surface area (Å²) in [5.74, 6) is -1.29. The van der Waals surface area contributed by atoms with Crippen molar-refractivity contribution in [3.05, 3.63) is 23.3 Å². The Balaban J connectivity index is 2.51. The Morgan fingerprint density at radius 3 is 2.44 bits per heavy atom. The van der Waals surface area contributed by atoms with Crippen molar-refractivity contribution in [1.29, 1.82) is 0 Å². The molecule has 1 aliphatic carbocycles. The van der Waals surface area contributed by atoms with Crippen LogP contribution in [0.15, 0.2) is 12.1 Å². The zero-order chi connectivity index (χ0) is 11.9. The summed E-state index contributed by atoms with van der Waals surface area (Å²) in [4.78, 5) is 11.3. The largest absolute Gasteiger partial charge is 0.507 e. The Labute approximate surface area is 91.9 Å². The van der Waals surface area contributed by atoms with Crippen molar-refractivity contribution >= 4 is 5.97 Å². The lowest BCUT2D eigenvalue weighted by Gasteiger charge is -2.12. The van der Waals surface area contributed by atoms with Crippen LogP contribution in [-0.2, 0) is 10.3 Å². The van der Waals surface area contributed by atoms with Gasteiger partial charge in [0.2, 0.25) is 0 Å². The summed E-state index contributed by atoms with van der Waals surface area (Å²) >= 11 is 0. The number of aromatic hydroxyl groups is 2. The first kappa shape index (κ1) is 10.8. The number of methoxy groups -OCH3 is 1. The van der Waals surface area contributed by atoms with Gasteiger partial charge in [-0.2, -0.15) is 0 Å². The summed E-state index contributed by atoms with van der Waals surface area (Å²) in [6.07, 6.45) is 1.07. The minimum atomic E-state index is -1.07. The molecule has 0 atom stereocenters. The Kier molecular flexibility index (Phi) is 2.27. The molecule has 16 heavy (non-hydrogen) atoms. The summed E-state index contributed by atoms with van der Waals surface area (Å²) in [6, 6.07) is 2.31. The lowest BCUT2D eigenvalue weighted by molar-refractivity contribution is 0.0597. The van der Waals surface area contributed by atoms with E-state index in [2.05, 4.69) is 4.74 Å². The van der Waals surface area contributed by atoms with Crippen LogP contribution in [0, 0.1) is 0 Å². The number of phenolic OH excluding ortho intramolecular Hbond substituents is 2. The highest BCUT2D eigenvalue weighted by Gasteiger charge is 2.44. The standard InChI is InChI=1S/C11H12O5/c1-16-10(14)6-4-7(11(15)2-3-11)9(13)5-8(6)12/h4-5,12-13,15H,2-3H2,1H3. The summed E-state index contributed by atoms with van der Waals surface area (Å²) in [5, 5.41) is 28.9. The van der Waals surface area contributed by atoms with Gasteiger partial charge in [-0.25, -0.2) is 4.79 Å². The number of ether oxygens (including phenoxy) is 1. The van der Waals surface area contributed by atoms with E-state index in [1.54, 1.807) is 0 Å². The van der Waals surface area contributed by atoms with Crippen LogP contribution in [0.1, 0.15) is 28.8 Å². The van der Waals surface area contributed by atoms with Gasteiger partial charge in [-0.3, -0.25) is 0 Å². The maximum Gasteiger partial charge on any atom is 0.341 e. The first-order valence-electron chi connectivity index (χ1n) is 4.85. The second-order valence-electron chi connectivity index (χ2n) is 3.91. The smallest absolute Gasteiger partial charge is 0.341 e. The number of carbonyl (C=O) groups is 1. The molecule has 0 aromatic heterocycles. The van der Waals surface area contributed by atoms with E-state index in [0.29, 0.717) is 12.8 Å². The molecule has 1 aromatic carbocycles. The number of carbonyl (C=O) groups excluding carboxylic acids is 1. The van der Waals surface area contributed by atoms with E-state index in [1.807, 2.05) is 0 Å². The van der Waals surface area contributed by atoms with E-state index >= 15 is 0 Å². The number of benzene rings is 1. The third-order valence-corrected chi connectivity index (χ3v) is 2.74. The van der Waals surface area contributed by atoms with Gasteiger partial charge in [0.15, 0.2) is 0 Å². The normalized spacial score (nSPS) is 16.9. The maximum absolute atomic E-state index is 11.3. The average Bonchev–Trinajstić information content (AvgIpc) is 2.96. The van der Waals surface area contributed by atoms with Crippen LogP contribution in [-0.4, -0.2) is 28.4 Å². The molecule has 0 spiro atoms. The SMILES string of the molecule is COC(=O)c1cc(C2(O)CC2)c(O)cc1O. The van der Waals surface area contributed by atoms with Crippen molar-refractivity contribution < 1.29 is 24.9 Å². The van der Waals surface area contributed by atoms with Crippen LogP contribution in [0.3, 0.4) is 0 Å². The third kappa shape index (κ3) is 1.59. The number of hydrogen-bond donors (Lipinski definition) is 3. The fourth-order valence-electron chi connectivity index (χ4n) is 1.61. The molecule has 5 heteroatoms. The van der Waals surface area contributed by atoms with Gasteiger partial charge in [0, 0.05) is 11.6 Å². The van der Waals surface area contributed by atoms with Gasteiger partial charge in [0.05, 0.1) is 12.7 Å². The molecule has 0 radical (unpaired) electrons. The first-order valence-corrected chi connectivity index (χ1v) is 4.85. The van der Waals surface area contributed by atoms with Crippen LogP contribution in [0.25, 0.3) is 0 Å². The quantitative estimate of drug-likeness (QED) is 0.649. The fourth-order valence-corrected chi connectivity index (χ4v) is 1.61. The predicted octanol–water partition coefficient (Wildman–Crippen LogP) is 0.866. The Morgan fingerprint density at radius 1 is 1.31 bits per heavy atom. The molecule has 2 rings (SSSR count). The lowest BCUT2D eigenvalue weighted by atomic mass is 10.0. The van der Waals surface area contributed by atoms with E-state index < -0.39 is 11.6 Å². The van der Waals surface area contributed by atoms with Crippen LogP contribution in [0.2, 0.25) is 0 Å². The Bertz CT molecular complexity index is 448. The molecule has 1 aromatic rings. The lowest BCUT2D eigenvalue weighted by Crippen LogP contribution is -2.08. The van der Waals surface area contributed by atoms with Crippen molar-refractivity contribution in [3.63, 3.8) is 0 Å². The molecular formula is C11H12O5. The minimum Gasteiger partial charge on any atom is -0.507 e. The van der Waals surface area contributed by atoms with Crippen LogP contribution in [0.5, 0.6) is 11.5 Å². The Hall–Kier alpha value is -1.75. The predicted molar refractivity (Wildman–Crippen MR) is 54.2 cm³/mol. The molecule has 5 nitrogen and oxygen atoms in total. The molecule has 0 unspecified atom stereocenters. The van der Waals surface area contributed by atoms with Crippen molar-refractivity contribution in [1.82, 2.24) is 0 Å². The molecule has 1 saturated carbocycles. The summed E-state index contributed by atoms with van der Waals surface area (Å²) in [5.41, 5.74) is -0.873. The first-order chi connectivity index (χ1) is 7.48. The molecule has 86 valence electrons. The molecule has 1 fully saturated rings. The molecule has 3 N–H and O–H groups in total. The fraction of sp³-hybridized carbons (Fsp3) is 0.364. The molecule has 0 bridgehead atoms. The van der Waals surface area contributed by atoms with Gasteiger partial charge in [-0.15, -0.1) is 0 Å². The molecule has 0 saturated heterocycles. The number of esters is 1. The van der Waals surface area contributed by atoms with Crippen molar-refractivity contribution in [3.8, 4) is 11.5 Å². The summed E-state index contributed by atoms with van der Waals surface area (Å²) in [7, 11) is 1.19. The van der Waals surface area contributed by atoms with Gasteiger partial charge in [0.1, 0.15) is 17.1 Å². The zero-order valence-electron chi connectivity index (χ0n) is 8.73. The van der Waals surface area contributed by atoms with Gasteiger partial charge < -0.3 is 20.1 Å². The van der Waals surface area contributed by atoms with E-state index in [1.165, 1.54) is 13.2 Å². The summed E-state index contributed by atoms with van der Waals surface area (Å²) in [6.45, 7) is 0. The van der Waals surface area contributed by atoms with Gasteiger partial charge in [-0.05, 0) is 18.9 Å². The van der Waals surface area contributed by atoms with Crippen LogP contribution < -0.4 is 0 Å². The van der Waals surface area contributed by atoms with E-state index in [0.717, 1.165) is 6.07 Å². The van der Waals surface area contributed by atoms with Crippen molar-refractivity contribution in [2.75, 3.05) is 7.11 Å². The topological polar surface area (TPSA) is 87.0 Å². The number of hydrogen-bond acceptors (Lipinski definition) is 5. The summed E-state index contributed by atoms with van der Waals surface area (Å²) < 4.78 is 4.48. The van der Waals surface area contributed by atoms with Gasteiger partial charge >= 0.3 is 5.97 Å². The molecule has 0 heterocycles. The van der Waals surface area contributed by atoms with E-state index in [-0.39, 0.29) is 22.6 Å². The maximum atomic E-state index is 11.3. The third-order valence-electron chi connectivity index (χ3n) is 2.74. The average molecular weight is 224 g/mol. The van der Waals surface area contributed by atoms with Gasteiger partial charge in [-0.1, -0.05) is 0 Å². The molecule has 1 aliphatic rings.